The van der Waals surface area contributed by atoms with Gasteiger partial charge in [0, 0.05) is 31.7 Å². The Labute approximate surface area is 185 Å². The summed E-state index contributed by atoms with van der Waals surface area (Å²) in [5, 5.41) is 0. The monoisotopic (exact) mass is 441 g/mol. The van der Waals surface area contributed by atoms with Crippen molar-refractivity contribution in [2.24, 2.45) is 0 Å². The predicted molar refractivity (Wildman–Crippen MR) is 125 cm³/mol. The van der Waals surface area contributed by atoms with Gasteiger partial charge in [0.25, 0.3) is 0 Å². The highest BCUT2D eigenvalue weighted by atomic mass is 32.2. The van der Waals surface area contributed by atoms with E-state index < -0.39 is 9.84 Å². The molecular weight excluding hydrogens is 410 g/mol. The number of aromatic nitrogens is 2. The van der Waals surface area contributed by atoms with E-state index in [1.54, 1.807) is 18.6 Å². The maximum Gasteiger partial charge on any atom is 0.179 e. The average molecular weight is 442 g/mol. The number of hydrogen-bond donors (Lipinski definition) is 0. The van der Waals surface area contributed by atoms with Crippen LogP contribution in [0.1, 0.15) is 39.5 Å². The zero-order chi connectivity index (χ0) is 22.3. The Kier molecular flexibility index (Phi) is 7.74. The topological polar surface area (TPSA) is 64.4 Å². The molecule has 7 heteroatoms. The first-order chi connectivity index (χ1) is 14.9. The van der Waals surface area contributed by atoms with Crippen molar-refractivity contribution in [3.8, 4) is 17.2 Å². The van der Waals surface area contributed by atoms with E-state index in [1.165, 1.54) is 6.26 Å². The van der Waals surface area contributed by atoms with Crippen molar-refractivity contribution in [3.63, 3.8) is 0 Å². The van der Waals surface area contributed by atoms with E-state index in [9.17, 15) is 8.42 Å². The van der Waals surface area contributed by atoms with Crippen LogP contribution in [0.25, 0.3) is 5.69 Å². The second-order valence-corrected chi connectivity index (χ2v) is 9.63. The number of para-hydroxylation sites is 1. The van der Waals surface area contributed by atoms with E-state index >= 15 is 0 Å². The largest absolute Gasteiger partial charge is 0.454 e. The summed E-state index contributed by atoms with van der Waals surface area (Å²) in [4.78, 5) is 6.55. The summed E-state index contributed by atoms with van der Waals surface area (Å²) in [7, 11) is -3.55. The second kappa shape index (κ2) is 10.5. The molecule has 166 valence electrons. The summed E-state index contributed by atoms with van der Waals surface area (Å²) < 4.78 is 33.7. The molecule has 6 nitrogen and oxygen atoms in total. The van der Waals surface area contributed by atoms with Gasteiger partial charge in [0.15, 0.2) is 15.6 Å². The lowest BCUT2D eigenvalue weighted by Crippen LogP contribution is -2.26. The zero-order valence-corrected chi connectivity index (χ0v) is 19.3. The summed E-state index contributed by atoms with van der Waals surface area (Å²) in [6, 6.07) is 13.0. The van der Waals surface area contributed by atoms with Crippen LogP contribution in [0, 0.1) is 0 Å². The van der Waals surface area contributed by atoms with Gasteiger partial charge >= 0.3 is 0 Å². The van der Waals surface area contributed by atoms with Gasteiger partial charge in [0.2, 0.25) is 0 Å². The molecule has 0 saturated carbocycles. The first-order valence-corrected chi connectivity index (χ1v) is 12.7. The molecule has 0 N–H and O–H groups in total. The molecule has 3 rings (SSSR count). The van der Waals surface area contributed by atoms with E-state index in [4.69, 9.17) is 4.74 Å². The zero-order valence-electron chi connectivity index (χ0n) is 18.5. The first-order valence-electron chi connectivity index (χ1n) is 10.8. The van der Waals surface area contributed by atoms with Gasteiger partial charge in [-0.3, -0.25) is 0 Å². The Morgan fingerprint density at radius 3 is 2.26 bits per heavy atom. The van der Waals surface area contributed by atoms with E-state index in [0.717, 1.165) is 50.1 Å². The van der Waals surface area contributed by atoms with Gasteiger partial charge in [-0.2, -0.15) is 0 Å². The van der Waals surface area contributed by atoms with Crippen LogP contribution in [-0.2, 0) is 9.84 Å². The Bertz CT molecular complexity index is 1060. The van der Waals surface area contributed by atoms with Crippen molar-refractivity contribution < 1.29 is 13.2 Å². The molecule has 0 amide bonds. The summed E-state index contributed by atoms with van der Waals surface area (Å²) in [6.07, 6.45) is 10.5. The van der Waals surface area contributed by atoms with Crippen molar-refractivity contribution in [1.82, 2.24) is 9.55 Å². The van der Waals surface area contributed by atoms with Gasteiger partial charge in [0.05, 0.1) is 17.7 Å². The molecule has 0 fully saturated rings. The SMILES string of the molecule is CCCCN(CCCC)c1cc(-n2ccnc2)cc(S(C)(=O)=O)c1Oc1ccccc1. The van der Waals surface area contributed by atoms with Gasteiger partial charge in [-0.1, -0.05) is 44.9 Å². The lowest BCUT2D eigenvalue weighted by molar-refractivity contribution is 0.465. The van der Waals surface area contributed by atoms with E-state index in [2.05, 4.69) is 23.7 Å². The fraction of sp³-hybridized carbons (Fsp3) is 0.375. The van der Waals surface area contributed by atoms with Crippen molar-refractivity contribution in [2.45, 2.75) is 44.4 Å². The minimum absolute atomic E-state index is 0.176. The summed E-state index contributed by atoms with van der Waals surface area (Å²) in [5.74, 6) is 0.986. The molecule has 0 aliphatic heterocycles. The molecule has 0 unspecified atom stereocenters. The lowest BCUT2D eigenvalue weighted by atomic mass is 10.2. The van der Waals surface area contributed by atoms with Crippen molar-refractivity contribution in [3.05, 3.63) is 61.2 Å². The molecule has 31 heavy (non-hydrogen) atoms. The highest BCUT2D eigenvalue weighted by Crippen LogP contribution is 2.40. The third kappa shape index (κ3) is 5.88. The van der Waals surface area contributed by atoms with E-state index in [1.807, 2.05) is 47.2 Å². The van der Waals surface area contributed by atoms with Crippen molar-refractivity contribution >= 4 is 15.5 Å². The molecule has 0 aliphatic carbocycles. The molecule has 3 aromatic rings. The predicted octanol–water partition coefficient (Wildman–Crippen LogP) is 5.47. The van der Waals surface area contributed by atoms with Gasteiger partial charge in [-0.05, 0) is 37.1 Å². The summed E-state index contributed by atoms with van der Waals surface area (Å²) in [6.45, 7) is 5.98. The first kappa shape index (κ1) is 22.9. The smallest absolute Gasteiger partial charge is 0.179 e. The number of imidazole rings is 1. The summed E-state index contributed by atoms with van der Waals surface area (Å²) >= 11 is 0. The number of benzene rings is 2. The van der Waals surface area contributed by atoms with Gasteiger partial charge in [-0.25, -0.2) is 13.4 Å². The minimum atomic E-state index is -3.55. The molecular formula is C24H31N3O3S. The highest BCUT2D eigenvalue weighted by molar-refractivity contribution is 7.90. The van der Waals surface area contributed by atoms with Gasteiger partial charge in [-0.15, -0.1) is 0 Å². The maximum absolute atomic E-state index is 12.8. The maximum atomic E-state index is 12.8. The van der Waals surface area contributed by atoms with Crippen molar-refractivity contribution in [1.29, 1.82) is 0 Å². The summed E-state index contributed by atoms with van der Waals surface area (Å²) in [5.41, 5.74) is 1.53. The normalized spacial score (nSPS) is 11.5. The van der Waals surface area contributed by atoms with Gasteiger partial charge < -0.3 is 14.2 Å². The Morgan fingerprint density at radius 1 is 1.03 bits per heavy atom. The lowest BCUT2D eigenvalue weighted by Gasteiger charge is -2.28. The van der Waals surface area contributed by atoms with Crippen LogP contribution in [0.15, 0.2) is 66.1 Å². The van der Waals surface area contributed by atoms with Crippen molar-refractivity contribution in [2.75, 3.05) is 24.2 Å². The minimum Gasteiger partial charge on any atom is -0.454 e. The van der Waals surface area contributed by atoms with Crippen LogP contribution < -0.4 is 9.64 Å². The number of ether oxygens (including phenoxy) is 1. The number of unbranched alkanes of at least 4 members (excludes halogenated alkanes) is 2. The van der Waals surface area contributed by atoms with Crippen LogP contribution in [-0.4, -0.2) is 37.3 Å². The number of hydrogen-bond acceptors (Lipinski definition) is 5. The Hall–Kier alpha value is -2.80. The molecule has 0 bridgehead atoms. The quantitative estimate of drug-likeness (QED) is 0.394. The molecule has 1 aromatic heterocycles. The molecule has 0 spiro atoms. The van der Waals surface area contributed by atoms with Gasteiger partial charge in [0.1, 0.15) is 10.6 Å². The number of nitrogens with zero attached hydrogens (tertiary/aromatic N) is 3. The standard InChI is InChI=1S/C24H31N3O3S/c1-4-6-14-26(15-7-5-2)22-17-20(27-16-13-25-19-27)18-23(31(3,28)29)24(22)30-21-11-9-8-10-12-21/h8-13,16-19H,4-7,14-15H2,1-3H3. The van der Waals surface area contributed by atoms with E-state index in [-0.39, 0.29) is 4.90 Å². The second-order valence-electron chi connectivity index (χ2n) is 7.64. The number of sulfone groups is 1. The Balaban J connectivity index is 2.22. The third-order valence-electron chi connectivity index (χ3n) is 5.09. The molecule has 0 atom stereocenters. The van der Waals surface area contributed by atoms with Crippen LogP contribution in [0.5, 0.6) is 11.5 Å². The van der Waals surface area contributed by atoms with Crippen LogP contribution in [0.3, 0.4) is 0 Å². The van der Waals surface area contributed by atoms with E-state index in [0.29, 0.717) is 11.5 Å². The highest BCUT2D eigenvalue weighted by Gasteiger charge is 2.24. The number of rotatable bonds is 11. The van der Waals surface area contributed by atoms with Crippen LogP contribution in [0.4, 0.5) is 5.69 Å². The number of anilines is 1. The molecule has 2 aromatic carbocycles. The van der Waals surface area contributed by atoms with Crippen LogP contribution >= 0.6 is 0 Å². The third-order valence-corrected chi connectivity index (χ3v) is 6.19. The Morgan fingerprint density at radius 2 is 1.71 bits per heavy atom. The molecule has 0 aliphatic rings. The fourth-order valence-electron chi connectivity index (χ4n) is 3.40. The van der Waals surface area contributed by atoms with Crippen LogP contribution in [0.2, 0.25) is 0 Å². The molecule has 1 heterocycles. The average Bonchev–Trinajstić information content (AvgIpc) is 3.29. The molecule has 0 saturated heterocycles. The fourth-order valence-corrected chi connectivity index (χ4v) is 4.22. The molecule has 0 radical (unpaired) electrons.